The molecule has 0 amide bonds. The number of nitrogens with one attached hydrogen (secondary N) is 1. The fourth-order valence-corrected chi connectivity index (χ4v) is 2.17. The van der Waals surface area contributed by atoms with E-state index in [4.69, 9.17) is 16.3 Å². The molecule has 0 radical (unpaired) electrons. The van der Waals surface area contributed by atoms with Gasteiger partial charge in [0.1, 0.15) is 17.3 Å². The highest BCUT2D eigenvalue weighted by Crippen LogP contribution is 2.30. The van der Waals surface area contributed by atoms with Gasteiger partial charge in [0, 0.05) is 23.2 Å². The second-order valence-electron chi connectivity index (χ2n) is 5.30. The lowest BCUT2D eigenvalue weighted by Gasteiger charge is -2.15. The lowest BCUT2D eigenvalue weighted by atomic mass is 10.1. The summed E-state index contributed by atoms with van der Waals surface area (Å²) in [7, 11) is 0. The van der Waals surface area contributed by atoms with Crippen LogP contribution in [0.4, 0.5) is 4.39 Å². The van der Waals surface area contributed by atoms with E-state index in [-0.39, 0.29) is 5.82 Å². The number of halogens is 2. The van der Waals surface area contributed by atoms with Gasteiger partial charge in [-0.15, -0.1) is 0 Å². The molecule has 0 atom stereocenters. The molecule has 0 bridgehead atoms. The average molecular weight is 308 g/mol. The Kier molecular flexibility index (Phi) is 5.21. The van der Waals surface area contributed by atoms with E-state index in [1.165, 1.54) is 12.1 Å². The summed E-state index contributed by atoms with van der Waals surface area (Å²) in [6.45, 7) is 6.57. The monoisotopic (exact) mass is 307 g/mol. The van der Waals surface area contributed by atoms with Crippen molar-refractivity contribution in [3.05, 3.63) is 58.4 Å². The largest absolute Gasteiger partial charge is 0.457 e. The van der Waals surface area contributed by atoms with Gasteiger partial charge < -0.3 is 10.1 Å². The topological polar surface area (TPSA) is 21.3 Å². The Bertz CT molecular complexity index is 628. The molecule has 0 spiro atoms. The number of hydrogen-bond acceptors (Lipinski definition) is 2. The summed E-state index contributed by atoms with van der Waals surface area (Å²) >= 11 is 5.94. The quantitative estimate of drug-likeness (QED) is 0.832. The van der Waals surface area contributed by atoms with Crippen LogP contribution in [-0.2, 0) is 6.54 Å². The molecule has 21 heavy (non-hydrogen) atoms. The Morgan fingerprint density at radius 3 is 2.52 bits per heavy atom. The Labute approximate surface area is 129 Å². The maximum absolute atomic E-state index is 13.4. The summed E-state index contributed by atoms with van der Waals surface area (Å²) < 4.78 is 19.4. The van der Waals surface area contributed by atoms with Gasteiger partial charge in [-0.05, 0) is 48.9 Å². The zero-order chi connectivity index (χ0) is 15.4. The molecule has 0 aliphatic carbocycles. The van der Waals surface area contributed by atoms with E-state index in [1.807, 2.05) is 32.9 Å². The molecule has 0 saturated heterocycles. The smallest absolute Gasteiger partial charge is 0.132 e. The van der Waals surface area contributed by atoms with Crippen LogP contribution >= 0.6 is 11.6 Å². The molecule has 0 saturated carbocycles. The highest BCUT2D eigenvalue weighted by atomic mass is 35.5. The molecule has 2 nitrogen and oxygen atoms in total. The van der Waals surface area contributed by atoms with Crippen molar-refractivity contribution >= 4 is 11.6 Å². The minimum Gasteiger partial charge on any atom is -0.457 e. The second kappa shape index (κ2) is 6.92. The van der Waals surface area contributed by atoms with Crippen LogP contribution in [0.25, 0.3) is 0 Å². The van der Waals surface area contributed by atoms with Crippen LogP contribution < -0.4 is 10.1 Å². The maximum atomic E-state index is 13.4. The van der Waals surface area contributed by atoms with E-state index in [0.29, 0.717) is 23.4 Å². The first-order chi connectivity index (χ1) is 9.95. The van der Waals surface area contributed by atoms with Crippen LogP contribution in [0.3, 0.4) is 0 Å². The Balaban J connectivity index is 2.26. The first kappa shape index (κ1) is 15.8. The third kappa shape index (κ3) is 4.45. The molecule has 112 valence electrons. The van der Waals surface area contributed by atoms with E-state index in [1.54, 1.807) is 12.1 Å². The molecular formula is C17H19ClFNO. The number of hydrogen-bond donors (Lipinski definition) is 1. The van der Waals surface area contributed by atoms with Crippen LogP contribution in [0.15, 0.2) is 36.4 Å². The van der Waals surface area contributed by atoms with E-state index in [2.05, 4.69) is 5.32 Å². The summed E-state index contributed by atoms with van der Waals surface area (Å²) in [6.07, 6.45) is 0. The Morgan fingerprint density at radius 2 is 1.86 bits per heavy atom. The first-order valence-electron chi connectivity index (χ1n) is 6.91. The van der Waals surface area contributed by atoms with Gasteiger partial charge in [0.25, 0.3) is 0 Å². The SMILES string of the molecule is Cc1cc(Cl)ccc1Oc1ccc(F)cc1CNC(C)C. The standard InChI is InChI=1S/C17H19ClFNO/c1-11(2)20-10-13-9-15(19)5-7-17(13)21-16-6-4-14(18)8-12(16)3/h4-9,11,20H,10H2,1-3H3. The fourth-order valence-electron chi connectivity index (χ4n) is 1.95. The first-order valence-corrected chi connectivity index (χ1v) is 7.29. The Hall–Kier alpha value is -1.58. The third-order valence-electron chi connectivity index (χ3n) is 3.08. The van der Waals surface area contributed by atoms with Crippen LogP contribution in [0, 0.1) is 12.7 Å². The lowest BCUT2D eigenvalue weighted by Crippen LogP contribution is -2.22. The van der Waals surface area contributed by atoms with E-state index in [9.17, 15) is 4.39 Å². The minimum absolute atomic E-state index is 0.268. The van der Waals surface area contributed by atoms with Crippen molar-refractivity contribution in [2.24, 2.45) is 0 Å². The van der Waals surface area contributed by atoms with E-state index < -0.39 is 0 Å². The molecule has 0 aliphatic rings. The predicted molar refractivity (Wildman–Crippen MR) is 84.6 cm³/mol. The van der Waals surface area contributed by atoms with Crippen molar-refractivity contribution < 1.29 is 9.13 Å². The van der Waals surface area contributed by atoms with Crippen molar-refractivity contribution in [2.75, 3.05) is 0 Å². The Morgan fingerprint density at radius 1 is 1.14 bits per heavy atom. The summed E-state index contributed by atoms with van der Waals surface area (Å²) in [5.41, 5.74) is 1.73. The highest BCUT2D eigenvalue weighted by Gasteiger charge is 2.09. The zero-order valence-electron chi connectivity index (χ0n) is 12.4. The van der Waals surface area contributed by atoms with Gasteiger partial charge in [0.15, 0.2) is 0 Å². The van der Waals surface area contributed by atoms with Crippen LogP contribution in [0.5, 0.6) is 11.5 Å². The number of rotatable bonds is 5. The third-order valence-corrected chi connectivity index (χ3v) is 3.32. The molecule has 0 heterocycles. The molecule has 0 fully saturated rings. The summed E-state index contributed by atoms with van der Waals surface area (Å²) in [6, 6.07) is 10.3. The number of ether oxygens (including phenoxy) is 1. The van der Waals surface area contributed by atoms with Gasteiger partial charge in [-0.25, -0.2) is 4.39 Å². The van der Waals surface area contributed by atoms with E-state index >= 15 is 0 Å². The maximum Gasteiger partial charge on any atom is 0.132 e. The number of benzene rings is 2. The molecule has 2 rings (SSSR count). The van der Waals surface area contributed by atoms with Crippen LogP contribution in [0.2, 0.25) is 5.02 Å². The highest BCUT2D eigenvalue weighted by molar-refractivity contribution is 6.30. The molecule has 1 N–H and O–H groups in total. The molecule has 2 aromatic carbocycles. The summed E-state index contributed by atoms with van der Waals surface area (Å²) in [5.74, 6) is 1.10. The normalized spacial score (nSPS) is 11.0. The zero-order valence-corrected chi connectivity index (χ0v) is 13.2. The molecule has 0 aliphatic heterocycles. The van der Waals surface area contributed by atoms with Crippen LogP contribution in [-0.4, -0.2) is 6.04 Å². The van der Waals surface area contributed by atoms with Crippen molar-refractivity contribution in [3.63, 3.8) is 0 Å². The van der Waals surface area contributed by atoms with Crippen molar-refractivity contribution in [1.82, 2.24) is 5.32 Å². The van der Waals surface area contributed by atoms with Gasteiger partial charge in [-0.1, -0.05) is 25.4 Å². The van der Waals surface area contributed by atoms with Gasteiger partial charge >= 0.3 is 0 Å². The predicted octanol–water partition coefficient (Wildman–Crippen LogP) is 5.08. The van der Waals surface area contributed by atoms with Gasteiger partial charge in [0.2, 0.25) is 0 Å². The van der Waals surface area contributed by atoms with Crippen molar-refractivity contribution in [2.45, 2.75) is 33.4 Å². The van der Waals surface area contributed by atoms with Gasteiger partial charge in [-0.3, -0.25) is 0 Å². The summed E-state index contributed by atoms with van der Waals surface area (Å²) in [5, 5.41) is 3.94. The molecule has 0 aromatic heterocycles. The van der Waals surface area contributed by atoms with E-state index in [0.717, 1.165) is 16.9 Å². The van der Waals surface area contributed by atoms with Gasteiger partial charge in [-0.2, -0.15) is 0 Å². The van der Waals surface area contributed by atoms with Crippen LogP contribution in [0.1, 0.15) is 25.0 Å². The fraction of sp³-hybridized carbons (Fsp3) is 0.294. The second-order valence-corrected chi connectivity index (χ2v) is 5.74. The minimum atomic E-state index is -0.268. The van der Waals surface area contributed by atoms with Crippen molar-refractivity contribution in [1.29, 1.82) is 0 Å². The number of aryl methyl sites for hydroxylation is 1. The summed E-state index contributed by atoms with van der Waals surface area (Å²) in [4.78, 5) is 0. The van der Waals surface area contributed by atoms with Crippen molar-refractivity contribution in [3.8, 4) is 11.5 Å². The molecule has 0 unspecified atom stereocenters. The molecule has 2 aromatic rings. The lowest BCUT2D eigenvalue weighted by molar-refractivity contribution is 0.463. The van der Waals surface area contributed by atoms with Gasteiger partial charge in [0.05, 0.1) is 0 Å². The molecule has 4 heteroatoms. The molecular weight excluding hydrogens is 289 g/mol. The average Bonchev–Trinajstić information content (AvgIpc) is 2.41.